The molecule has 0 aromatic heterocycles. The van der Waals surface area contributed by atoms with Crippen molar-refractivity contribution in [2.75, 3.05) is 6.61 Å². The summed E-state index contributed by atoms with van der Waals surface area (Å²) in [5.74, 6) is -39.2. The molecule has 0 spiro atoms. The van der Waals surface area contributed by atoms with E-state index in [0.29, 0.717) is 0 Å². The van der Waals surface area contributed by atoms with Crippen LogP contribution in [0, 0.1) is 5.92 Å². The van der Waals surface area contributed by atoms with E-state index in [-0.39, 0.29) is 0 Å². The molecule has 2 nitrogen and oxygen atoms in total. The maximum absolute atomic E-state index is 13.4. The summed E-state index contributed by atoms with van der Waals surface area (Å²) in [6.07, 6.45) is 0. The van der Waals surface area contributed by atoms with Gasteiger partial charge in [-0.3, -0.25) is 0 Å². The summed E-state index contributed by atoms with van der Waals surface area (Å²) in [6, 6.07) is 0. The van der Waals surface area contributed by atoms with Gasteiger partial charge in [-0.05, 0) is 6.92 Å². The predicted molar refractivity (Wildman–Crippen MR) is 54.0 cm³/mol. The van der Waals surface area contributed by atoms with Gasteiger partial charge in [0.2, 0.25) is 0 Å². The Kier molecular flexibility index (Phi) is 4.25. The van der Waals surface area contributed by atoms with Gasteiger partial charge in [-0.15, -0.1) is 0 Å². The van der Waals surface area contributed by atoms with Gasteiger partial charge in [0.15, 0.2) is 0 Å². The molecule has 1 fully saturated rings. The van der Waals surface area contributed by atoms with Crippen LogP contribution >= 0.6 is 0 Å². The summed E-state index contributed by atoms with van der Waals surface area (Å²) in [4.78, 5) is 10.9. The van der Waals surface area contributed by atoms with Gasteiger partial charge in [0.25, 0.3) is 0 Å². The second kappa shape index (κ2) is 5.00. The number of hydrogen-bond donors (Lipinski definition) is 0. The second-order valence-corrected chi connectivity index (χ2v) is 4.90. The Hall–Kier alpha value is -1.49. The van der Waals surface area contributed by atoms with Crippen LogP contribution in [0.1, 0.15) is 6.92 Å². The third-order valence-electron chi connectivity index (χ3n) is 3.23. The average molecular weight is 362 g/mol. The van der Waals surface area contributed by atoms with E-state index < -0.39 is 53.7 Å². The Balaban J connectivity index is 3.38. The van der Waals surface area contributed by atoms with Crippen LogP contribution in [-0.4, -0.2) is 42.2 Å². The van der Waals surface area contributed by atoms with Crippen molar-refractivity contribution in [1.82, 2.24) is 0 Å². The van der Waals surface area contributed by atoms with E-state index in [4.69, 9.17) is 0 Å². The molecule has 1 rings (SSSR count). The maximum Gasteiger partial charge on any atom is 0.384 e. The van der Waals surface area contributed by atoms with E-state index in [1.165, 1.54) is 0 Å². The minimum atomic E-state index is -7.03. The van der Waals surface area contributed by atoms with E-state index in [0.717, 1.165) is 6.92 Å². The third-order valence-corrected chi connectivity index (χ3v) is 3.23. The largest absolute Gasteiger partial charge is 0.462 e. The number of hydrogen-bond acceptors (Lipinski definition) is 2. The number of rotatable bonds is 3. The van der Waals surface area contributed by atoms with Gasteiger partial charge >= 0.3 is 35.6 Å². The van der Waals surface area contributed by atoms with Crippen LogP contribution in [0.5, 0.6) is 0 Å². The van der Waals surface area contributed by atoms with E-state index >= 15 is 0 Å². The Labute approximate surface area is 122 Å². The highest BCUT2D eigenvalue weighted by atomic mass is 19.4. The molecule has 1 aliphatic rings. The summed E-state index contributed by atoms with van der Waals surface area (Å²) >= 11 is 0. The van der Waals surface area contributed by atoms with Gasteiger partial charge < -0.3 is 4.74 Å². The van der Waals surface area contributed by atoms with Gasteiger partial charge in [-0.25, -0.2) is 4.79 Å². The van der Waals surface area contributed by atoms with Crippen molar-refractivity contribution >= 4 is 5.97 Å². The molecule has 0 aromatic carbocycles. The zero-order chi connectivity index (χ0) is 18.6. The molecule has 0 amide bonds. The number of halogens is 10. The SMILES string of the molecule is C=C(C)C(=O)OCC1C(F)(F)C(F)(F)C(F)(F)C(F)(F)C1(F)F. The molecule has 0 aromatic rings. The summed E-state index contributed by atoms with van der Waals surface area (Å²) in [7, 11) is 0. The zero-order valence-corrected chi connectivity index (χ0v) is 11.1. The lowest BCUT2D eigenvalue weighted by atomic mass is 9.75. The van der Waals surface area contributed by atoms with E-state index in [1.54, 1.807) is 0 Å². The number of carbonyl (C=O) groups excluding carboxylic acids is 1. The molecule has 0 heterocycles. The molecule has 0 unspecified atom stereocenters. The van der Waals surface area contributed by atoms with Gasteiger partial charge in [-0.1, -0.05) is 6.58 Å². The maximum atomic E-state index is 13.4. The lowest BCUT2D eigenvalue weighted by Gasteiger charge is -2.49. The predicted octanol–water partition coefficient (Wildman–Crippen LogP) is 3.91. The van der Waals surface area contributed by atoms with Gasteiger partial charge in [-0.2, -0.15) is 43.9 Å². The lowest BCUT2D eigenvalue weighted by molar-refractivity contribution is -0.465. The third kappa shape index (κ3) is 2.28. The van der Waals surface area contributed by atoms with Crippen molar-refractivity contribution in [2.24, 2.45) is 5.92 Å². The first-order valence-corrected chi connectivity index (χ1v) is 5.68. The first-order chi connectivity index (χ1) is 9.96. The monoisotopic (exact) mass is 362 g/mol. The van der Waals surface area contributed by atoms with Crippen LogP contribution in [0.3, 0.4) is 0 Å². The van der Waals surface area contributed by atoms with E-state index in [1.807, 2.05) is 0 Å². The normalized spacial score (nSPS) is 27.3. The lowest BCUT2D eigenvalue weighted by Crippen LogP contribution is -2.78. The summed E-state index contributed by atoms with van der Waals surface area (Å²) in [6.45, 7) is 1.48. The van der Waals surface area contributed by atoms with Crippen molar-refractivity contribution < 1.29 is 53.4 Å². The molecule has 1 saturated carbocycles. The fourth-order valence-electron chi connectivity index (χ4n) is 1.77. The Morgan fingerprint density at radius 1 is 0.870 bits per heavy atom. The standard InChI is InChI=1S/C11H8F10O2/c1-4(2)6(22)23-3-5-7(12,13)9(16,17)11(20,21)10(18,19)8(5,14)15/h5H,1,3H2,2H3. The first kappa shape index (κ1) is 19.6. The van der Waals surface area contributed by atoms with E-state index in [9.17, 15) is 48.7 Å². The van der Waals surface area contributed by atoms with Crippen LogP contribution in [0.2, 0.25) is 0 Å². The smallest absolute Gasteiger partial charge is 0.384 e. The number of ether oxygens (including phenoxy) is 1. The molecule has 134 valence electrons. The minimum absolute atomic E-state index is 0.545. The van der Waals surface area contributed by atoms with Crippen molar-refractivity contribution in [3.8, 4) is 0 Å². The highest BCUT2D eigenvalue weighted by molar-refractivity contribution is 5.86. The minimum Gasteiger partial charge on any atom is -0.462 e. The molecule has 23 heavy (non-hydrogen) atoms. The van der Waals surface area contributed by atoms with Crippen LogP contribution in [0.4, 0.5) is 43.9 Å². The van der Waals surface area contributed by atoms with Gasteiger partial charge in [0, 0.05) is 5.57 Å². The van der Waals surface area contributed by atoms with Crippen molar-refractivity contribution in [1.29, 1.82) is 0 Å². The van der Waals surface area contributed by atoms with Crippen molar-refractivity contribution in [3.63, 3.8) is 0 Å². The molecule has 0 aliphatic heterocycles. The van der Waals surface area contributed by atoms with Crippen molar-refractivity contribution in [3.05, 3.63) is 12.2 Å². The molecule has 0 bridgehead atoms. The zero-order valence-electron chi connectivity index (χ0n) is 11.1. The van der Waals surface area contributed by atoms with Crippen LogP contribution < -0.4 is 0 Å². The molecule has 0 radical (unpaired) electrons. The summed E-state index contributed by atoms with van der Waals surface area (Å²) in [5.41, 5.74) is -0.545. The van der Waals surface area contributed by atoms with Crippen LogP contribution in [0.25, 0.3) is 0 Å². The highest BCUT2D eigenvalue weighted by Crippen LogP contribution is 2.66. The molecular weight excluding hydrogens is 354 g/mol. The van der Waals surface area contributed by atoms with E-state index in [2.05, 4.69) is 11.3 Å². The topological polar surface area (TPSA) is 26.3 Å². The Morgan fingerprint density at radius 3 is 1.52 bits per heavy atom. The second-order valence-electron chi connectivity index (χ2n) is 4.90. The number of carbonyl (C=O) groups is 1. The number of alkyl halides is 10. The molecule has 12 heteroatoms. The quantitative estimate of drug-likeness (QED) is 0.432. The molecule has 1 aliphatic carbocycles. The van der Waals surface area contributed by atoms with Crippen molar-refractivity contribution in [2.45, 2.75) is 36.5 Å². The molecule has 0 N–H and O–H groups in total. The number of esters is 1. The first-order valence-electron chi connectivity index (χ1n) is 5.68. The molecule has 0 saturated heterocycles. The summed E-state index contributed by atoms with van der Waals surface area (Å²) < 4.78 is 135. The Bertz CT molecular complexity index is 495. The average Bonchev–Trinajstić information content (AvgIpc) is 2.35. The van der Waals surface area contributed by atoms with Crippen LogP contribution in [0.15, 0.2) is 12.2 Å². The molecular formula is C11H8F10O2. The van der Waals surface area contributed by atoms with Gasteiger partial charge in [0.1, 0.15) is 12.5 Å². The van der Waals surface area contributed by atoms with Gasteiger partial charge in [0.05, 0.1) is 0 Å². The molecule has 0 atom stereocenters. The fourth-order valence-corrected chi connectivity index (χ4v) is 1.77. The fraction of sp³-hybridized carbons (Fsp3) is 0.727. The summed E-state index contributed by atoms with van der Waals surface area (Å²) in [5, 5.41) is 0. The highest BCUT2D eigenvalue weighted by Gasteiger charge is 2.95. The Morgan fingerprint density at radius 2 is 1.22 bits per heavy atom. The van der Waals surface area contributed by atoms with Crippen LogP contribution in [-0.2, 0) is 9.53 Å².